The second-order valence-corrected chi connectivity index (χ2v) is 5.23. The average molecular weight is 224 g/mol. The van der Waals surface area contributed by atoms with E-state index in [0.29, 0.717) is 6.04 Å². The molecule has 2 fully saturated rings. The molecule has 0 radical (unpaired) electrons. The molecular formula is C10H16N4S. The summed E-state index contributed by atoms with van der Waals surface area (Å²) in [6.07, 6.45) is 3.92. The summed E-state index contributed by atoms with van der Waals surface area (Å²) in [4.78, 5) is 6.86. The van der Waals surface area contributed by atoms with Crippen LogP contribution in [0.25, 0.3) is 0 Å². The highest BCUT2D eigenvalue weighted by Crippen LogP contribution is 2.25. The van der Waals surface area contributed by atoms with Gasteiger partial charge in [0.05, 0.1) is 0 Å². The Morgan fingerprint density at radius 2 is 2.20 bits per heavy atom. The van der Waals surface area contributed by atoms with Crippen LogP contribution in [-0.4, -0.2) is 34.5 Å². The Morgan fingerprint density at radius 3 is 3.00 bits per heavy atom. The topological polar surface area (TPSA) is 41.1 Å². The smallest absolute Gasteiger partial charge is 0.205 e. The van der Waals surface area contributed by atoms with E-state index in [2.05, 4.69) is 19.6 Å². The molecule has 0 aliphatic carbocycles. The molecule has 0 amide bonds. The summed E-state index contributed by atoms with van der Waals surface area (Å²) in [7, 11) is 0. The lowest BCUT2D eigenvalue weighted by atomic mass is 10.1. The van der Waals surface area contributed by atoms with Crippen molar-refractivity contribution in [2.75, 3.05) is 18.0 Å². The Bertz CT molecular complexity index is 351. The summed E-state index contributed by atoms with van der Waals surface area (Å²) in [5.41, 5.74) is 0. The molecule has 0 spiro atoms. The van der Waals surface area contributed by atoms with Gasteiger partial charge in [-0.05, 0) is 26.2 Å². The third kappa shape index (κ3) is 1.86. The summed E-state index contributed by atoms with van der Waals surface area (Å²) in [5, 5.41) is 4.77. The van der Waals surface area contributed by atoms with Gasteiger partial charge in [0, 0.05) is 36.7 Å². The van der Waals surface area contributed by atoms with Crippen LogP contribution >= 0.6 is 11.5 Å². The largest absolute Gasteiger partial charge is 0.345 e. The van der Waals surface area contributed by atoms with Gasteiger partial charge in [-0.15, -0.1) is 0 Å². The minimum atomic E-state index is 0.668. The first-order valence-corrected chi connectivity index (χ1v) is 6.40. The van der Waals surface area contributed by atoms with Crippen LogP contribution in [0.15, 0.2) is 0 Å². The van der Waals surface area contributed by atoms with Crippen molar-refractivity contribution in [2.24, 2.45) is 0 Å². The first-order valence-electron chi connectivity index (χ1n) is 5.62. The molecule has 2 bridgehead atoms. The zero-order valence-electron chi connectivity index (χ0n) is 8.94. The normalized spacial score (nSPS) is 30.6. The van der Waals surface area contributed by atoms with Crippen molar-refractivity contribution < 1.29 is 0 Å². The van der Waals surface area contributed by atoms with Gasteiger partial charge in [0.25, 0.3) is 0 Å². The summed E-state index contributed by atoms with van der Waals surface area (Å²) >= 11 is 1.53. The van der Waals surface area contributed by atoms with Crippen LogP contribution < -0.4 is 10.2 Å². The lowest BCUT2D eigenvalue weighted by Gasteiger charge is -2.22. The third-order valence-corrected chi connectivity index (χ3v) is 4.18. The van der Waals surface area contributed by atoms with Crippen LogP contribution in [0.3, 0.4) is 0 Å². The maximum Gasteiger partial charge on any atom is 0.205 e. The Kier molecular flexibility index (Phi) is 2.36. The highest BCUT2D eigenvalue weighted by atomic mass is 32.1. The van der Waals surface area contributed by atoms with Crippen molar-refractivity contribution in [3.63, 3.8) is 0 Å². The number of nitrogens with zero attached hydrogens (tertiary/aromatic N) is 3. The Labute approximate surface area is 93.9 Å². The maximum absolute atomic E-state index is 4.47. The molecule has 1 aromatic rings. The lowest BCUT2D eigenvalue weighted by Crippen LogP contribution is -2.35. The Balaban J connectivity index is 1.77. The number of nitrogens with one attached hydrogen (secondary N) is 1. The van der Waals surface area contributed by atoms with E-state index in [1.165, 1.54) is 30.8 Å². The molecule has 0 saturated carbocycles. The predicted octanol–water partition coefficient (Wildman–Crippen LogP) is 1.18. The first kappa shape index (κ1) is 9.54. The van der Waals surface area contributed by atoms with Gasteiger partial charge in [-0.3, -0.25) is 0 Å². The van der Waals surface area contributed by atoms with Gasteiger partial charge < -0.3 is 10.2 Å². The standard InChI is InChI=1S/C10H16N4S/c1-7-11-10(15-13-7)14-5-4-8-2-3-9(6-14)12-8/h8-9,12H,2-6H2,1H3. The third-order valence-electron chi connectivity index (χ3n) is 3.31. The van der Waals surface area contributed by atoms with Crippen molar-refractivity contribution >= 4 is 16.7 Å². The SMILES string of the molecule is Cc1nsc(N2CCC3CCC(C2)N3)n1. The van der Waals surface area contributed by atoms with Crippen LogP contribution in [0.1, 0.15) is 25.1 Å². The van der Waals surface area contributed by atoms with E-state index in [9.17, 15) is 0 Å². The van der Waals surface area contributed by atoms with E-state index < -0.39 is 0 Å². The Hall–Kier alpha value is -0.680. The van der Waals surface area contributed by atoms with E-state index in [-0.39, 0.29) is 0 Å². The van der Waals surface area contributed by atoms with Gasteiger partial charge in [-0.1, -0.05) is 0 Å². The second kappa shape index (κ2) is 3.72. The van der Waals surface area contributed by atoms with Gasteiger partial charge in [0.15, 0.2) is 0 Å². The molecule has 0 aromatic carbocycles. The molecule has 1 aromatic heterocycles. The van der Waals surface area contributed by atoms with Gasteiger partial charge >= 0.3 is 0 Å². The molecular weight excluding hydrogens is 208 g/mol. The van der Waals surface area contributed by atoms with Gasteiger partial charge in [0.1, 0.15) is 5.82 Å². The molecule has 82 valence electrons. The highest BCUT2D eigenvalue weighted by Gasteiger charge is 2.30. The number of anilines is 1. The number of aromatic nitrogens is 2. The predicted molar refractivity (Wildman–Crippen MR) is 61.4 cm³/mol. The van der Waals surface area contributed by atoms with Crippen molar-refractivity contribution in [1.29, 1.82) is 0 Å². The van der Waals surface area contributed by atoms with E-state index in [1.807, 2.05) is 6.92 Å². The van der Waals surface area contributed by atoms with E-state index >= 15 is 0 Å². The summed E-state index contributed by atoms with van der Waals surface area (Å²) in [5.74, 6) is 0.900. The van der Waals surface area contributed by atoms with Gasteiger partial charge in [0.2, 0.25) is 5.13 Å². The van der Waals surface area contributed by atoms with Crippen molar-refractivity contribution in [3.05, 3.63) is 5.82 Å². The highest BCUT2D eigenvalue weighted by molar-refractivity contribution is 7.09. The van der Waals surface area contributed by atoms with Crippen molar-refractivity contribution in [2.45, 2.75) is 38.3 Å². The minimum Gasteiger partial charge on any atom is -0.345 e. The molecule has 2 saturated heterocycles. The Morgan fingerprint density at radius 1 is 1.33 bits per heavy atom. The molecule has 2 unspecified atom stereocenters. The lowest BCUT2D eigenvalue weighted by molar-refractivity contribution is 0.563. The van der Waals surface area contributed by atoms with E-state index in [4.69, 9.17) is 0 Å². The van der Waals surface area contributed by atoms with Crippen LogP contribution in [0.5, 0.6) is 0 Å². The molecule has 2 atom stereocenters. The minimum absolute atomic E-state index is 0.668. The van der Waals surface area contributed by atoms with Crippen molar-refractivity contribution in [1.82, 2.24) is 14.7 Å². The number of aryl methyl sites for hydroxylation is 1. The van der Waals surface area contributed by atoms with Crippen LogP contribution in [-0.2, 0) is 0 Å². The molecule has 4 nitrogen and oxygen atoms in total. The average Bonchev–Trinajstić information content (AvgIpc) is 2.74. The molecule has 2 aliphatic heterocycles. The maximum atomic E-state index is 4.47. The summed E-state index contributed by atoms with van der Waals surface area (Å²) in [6.45, 7) is 4.19. The number of fused-ring (bicyclic) bond motifs is 2. The van der Waals surface area contributed by atoms with Crippen molar-refractivity contribution in [3.8, 4) is 0 Å². The quantitative estimate of drug-likeness (QED) is 0.777. The number of rotatable bonds is 1. The zero-order valence-corrected chi connectivity index (χ0v) is 9.76. The molecule has 3 rings (SSSR count). The van der Waals surface area contributed by atoms with E-state index in [0.717, 1.165) is 30.1 Å². The first-order chi connectivity index (χ1) is 7.31. The van der Waals surface area contributed by atoms with Gasteiger partial charge in [-0.2, -0.15) is 4.37 Å². The molecule has 5 heteroatoms. The van der Waals surface area contributed by atoms with E-state index in [1.54, 1.807) is 0 Å². The summed E-state index contributed by atoms with van der Waals surface area (Å²) < 4.78 is 4.25. The van der Waals surface area contributed by atoms with Crippen LogP contribution in [0.2, 0.25) is 0 Å². The summed E-state index contributed by atoms with van der Waals surface area (Å²) in [6, 6.07) is 1.41. The molecule has 15 heavy (non-hydrogen) atoms. The fourth-order valence-electron chi connectivity index (χ4n) is 2.53. The second-order valence-electron chi connectivity index (χ2n) is 4.50. The fraction of sp³-hybridized carbons (Fsp3) is 0.800. The molecule has 2 aliphatic rings. The molecule has 1 N–H and O–H groups in total. The van der Waals surface area contributed by atoms with Crippen LogP contribution in [0, 0.1) is 6.92 Å². The molecule has 3 heterocycles. The zero-order chi connectivity index (χ0) is 10.3. The van der Waals surface area contributed by atoms with Gasteiger partial charge in [-0.25, -0.2) is 4.98 Å². The van der Waals surface area contributed by atoms with Crippen LogP contribution in [0.4, 0.5) is 5.13 Å². The fourth-order valence-corrected chi connectivity index (χ4v) is 3.24. The monoisotopic (exact) mass is 224 g/mol. The number of hydrogen-bond acceptors (Lipinski definition) is 5. The number of hydrogen-bond donors (Lipinski definition) is 1.